The maximum atomic E-state index is 12.1. The molecule has 3 rings (SSSR count). The van der Waals surface area contributed by atoms with Gasteiger partial charge in [0, 0.05) is 24.0 Å². The first-order valence-electron chi connectivity index (χ1n) is 6.00. The van der Waals surface area contributed by atoms with E-state index in [4.69, 9.17) is 11.6 Å². The van der Waals surface area contributed by atoms with Gasteiger partial charge in [-0.3, -0.25) is 14.8 Å². The predicted molar refractivity (Wildman–Crippen MR) is 78.9 cm³/mol. The second-order valence-corrected chi connectivity index (χ2v) is 4.60. The summed E-state index contributed by atoms with van der Waals surface area (Å²) in [4.78, 5) is 20.3. The Morgan fingerprint density at radius 3 is 2.75 bits per heavy atom. The van der Waals surface area contributed by atoms with Gasteiger partial charge in [0.25, 0.3) is 5.91 Å². The van der Waals surface area contributed by atoms with E-state index in [2.05, 4.69) is 15.3 Å². The van der Waals surface area contributed by atoms with Crippen molar-refractivity contribution in [3.05, 3.63) is 65.6 Å². The number of anilines is 1. The van der Waals surface area contributed by atoms with Gasteiger partial charge in [-0.05, 0) is 36.4 Å². The summed E-state index contributed by atoms with van der Waals surface area (Å²) in [5, 5.41) is 4.24. The number of nitrogens with zero attached hydrogens (tertiary/aromatic N) is 2. The van der Waals surface area contributed by atoms with E-state index in [0.717, 1.165) is 5.39 Å². The highest BCUT2D eigenvalue weighted by Crippen LogP contribution is 2.28. The van der Waals surface area contributed by atoms with Gasteiger partial charge in [-0.2, -0.15) is 0 Å². The number of aromatic nitrogens is 2. The van der Waals surface area contributed by atoms with E-state index in [1.807, 2.05) is 6.07 Å². The number of rotatable bonds is 2. The van der Waals surface area contributed by atoms with Crippen molar-refractivity contribution in [2.75, 3.05) is 5.32 Å². The van der Waals surface area contributed by atoms with Gasteiger partial charge in [-0.15, -0.1) is 0 Å². The number of carbonyl (C=O) groups is 1. The first-order chi connectivity index (χ1) is 9.75. The number of carbonyl (C=O) groups excluding carboxylic acids is 1. The van der Waals surface area contributed by atoms with Crippen LogP contribution in [0.4, 0.5) is 5.69 Å². The lowest BCUT2D eigenvalue weighted by Gasteiger charge is -2.08. The Hall–Kier alpha value is -2.46. The predicted octanol–water partition coefficient (Wildman–Crippen LogP) is 3.54. The molecule has 0 radical (unpaired) electrons. The third-order valence-corrected chi connectivity index (χ3v) is 3.22. The molecule has 0 aliphatic heterocycles. The van der Waals surface area contributed by atoms with Crippen LogP contribution in [-0.4, -0.2) is 15.9 Å². The highest BCUT2D eigenvalue weighted by molar-refractivity contribution is 6.36. The molecule has 0 aliphatic carbocycles. The summed E-state index contributed by atoms with van der Waals surface area (Å²) in [5.41, 5.74) is 1.78. The van der Waals surface area contributed by atoms with Gasteiger partial charge in [0.2, 0.25) is 0 Å². The first kappa shape index (κ1) is 12.6. The lowest BCUT2D eigenvalue weighted by molar-refractivity contribution is 0.102. The molecule has 4 nitrogen and oxygen atoms in total. The van der Waals surface area contributed by atoms with E-state index >= 15 is 0 Å². The Bertz CT molecular complexity index is 774. The number of benzene rings is 1. The Labute approximate surface area is 120 Å². The molecular weight excluding hydrogens is 274 g/mol. The molecule has 1 N–H and O–H groups in total. The van der Waals surface area contributed by atoms with Crippen molar-refractivity contribution in [1.82, 2.24) is 9.97 Å². The van der Waals surface area contributed by atoms with Gasteiger partial charge in [-0.1, -0.05) is 11.6 Å². The monoisotopic (exact) mass is 283 g/mol. The van der Waals surface area contributed by atoms with Crippen LogP contribution >= 0.6 is 11.6 Å². The molecular formula is C15H10ClN3O. The third-order valence-electron chi connectivity index (χ3n) is 2.89. The van der Waals surface area contributed by atoms with Crippen molar-refractivity contribution in [2.45, 2.75) is 0 Å². The highest BCUT2D eigenvalue weighted by Gasteiger charge is 2.10. The zero-order chi connectivity index (χ0) is 13.9. The smallest absolute Gasteiger partial charge is 0.257 e. The van der Waals surface area contributed by atoms with Gasteiger partial charge < -0.3 is 5.32 Å². The average molecular weight is 284 g/mol. The second kappa shape index (κ2) is 5.27. The number of nitrogens with one attached hydrogen (secondary N) is 1. The Morgan fingerprint density at radius 2 is 1.95 bits per heavy atom. The molecule has 98 valence electrons. The number of pyridine rings is 2. The molecule has 0 saturated heterocycles. The summed E-state index contributed by atoms with van der Waals surface area (Å²) in [7, 11) is 0. The lowest BCUT2D eigenvalue weighted by Crippen LogP contribution is -2.12. The topological polar surface area (TPSA) is 54.9 Å². The summed E-state index contributed by atoms with van der Waals surface area (Å²) in [6, 6.07) is 10.6. The normalized spacial score (nSPS) is 10.4. The second-order valence-electron chi connectivity index (χ2n) is 4.19. The van der Waals surface area contributed by atoms with Crippen LogP contribution in [0.25, 0.3) is 10.9 Å². The summed E-state index contributed by atoms with van der Waals surface area (Å²) in [6.45, 7) is 0. The molecule has 0 saturated carbocycles. The molecule has 2 heterocycles. The summed E-state index contributed by atoms with van der Waals surface area (Å²) >= 11 is 6.12. The minimum atomic E-state index is -0.229. The van der Waals surface area contributed by atoms with Gasteiger partial charge in [0.15, 0.2) is 0 Å². The molecule has 0 spiro atoms. The summed E-state index contributed by atoms with van der Waals surface area (Å²) < 4.78 is 0. The summed E-state index contributed by atoms with van der Waals surface area (Å²) in [5.74, 6) is -0.229. The van der Waals surface area contributed by atoms with Crippen molar-refractivity contribution < 1.29 is 4.79 Å². The van der Waals surface area contributed by atoms with Gasteiger partial charge in [0.1, 0.15) is 0 Å². The van der Waals surface area contributed by atoms with Crippen molar-refractivity contribution >= 4 is 34.1 Å². The standard InChI is InChI=1S/C15H10ClN3O/c16-12-5-6-13(14-11(12)4-2-8-18-14)19-15(20)10-3-1-7-17-9-10/h1-9H,(H,19,20). The van der Waals surface area contributed by atoms with Crippen LogP contribution in [0.3, 0.4) is 0 Å². The van der Waals surface area contributed by atoms with Crippen molar-refractivity contribution in [1.29, 1.82) is 0 Å². The number of halogens is 1. The maximum Gasteiger partial charge on any atom is 0.257 e. The number of hydrogen-bond acceptors (Lipinski definition) is 3. The average Bonchev–Trinajstić information content (AvgIpc) is 2.51. The number of fused-ring (bicyclic) bond motifs is 1. The largest absolute Gasteiger partial charge is 0.320 e. The third kappa shape index (κ3) is 2.33. The van der Waals surface area contributed by atoms with E-state index in [9.17, 15) is 4.79 Å². The molecule has 3 aromatic rings. The lowest BCUT2D eigenvalue weighted by atomic mass is 10.2. The zero-order valence-corrected chi connectivity index (χ0v) is 11.1. The van der Waals surface area contributed by atoms with E-state index in [1.54, 1.807) is 42.7 Å². The molecule has 0 aliphatic rings. The molecule has 1 amide bonds. The van der Waals surface area contributed by atoms with E-state index < -0.39 is 0 Å². The first-order valence-corrected chi connectivity index (χ1v) is 6.38. The Kier molecular flexibility index (Phi) is 3.31. The van der Waals surface area contributed by atoms with Crippen molar-refractivity contribution in [3.8, 4) is 0 Å². The zero-order valence-electron chi connectivity index (χ0n) is 10.4. The molecule has 2 aromatic heterocycles. The van der Waals surface area contributed by atoms with Gasteiger partial charge >= 0.3 is 0 Å². The van der Waals surface area contributed by atoms with Crippen LogP contribution in [0, 0.1) is 0 Å². The molecule has 1 aromatic carbocycles. The van der Waals surface area contributed by atoms with Crippen LogP contribution in [0.15, 0.2) is 55.0 Å². The number of amides is 1. The fourth-order valence-electron chi connectivity index (χ4n) is 1.93. The van der Waals surface area contributed by atoms with Crippen LogP contribution in [-0.2, 0) is 0 Å². The van der Waals surface area contributed by atoms with Crippen molar-refractivity contribution in [3.63, 3.8) is 0 Å². The molecule has 0 unspecified atom stereocenters. The number of hydrogen-bond donors (Lipinski definition) is 1. The summed E-state index contributed by atoms with van der Waals surface area (Å²) in [6.07, 6.45) is 4.80. The molecule has 0 bridgehead atoms. The van der Waals surface area contributed by atoms with Crippen LogP contribution in [0.1, 0.15) is 10.4 Å². The molecule has 0 fully saturated rings. The van der Waals surface area contributed by atoms with Crippen molar-refractivity contribution in [2.24, 2.45) is 0 Å². The molecule has 20 heavy (non-hydrogen) atoms. The minimum Gasteiger partial charge on any atom is -0.320 e. The maximum absolute atomic E-state index is 12.1. The molecule has 0 atom stereocenters. The Balaban J connectivity index is 2.00. The molecule has 5 heteroatoms. The SMILES string of the molecule is O=C(Nc1ccc(Cl)c2cccnc12)c1cccnc1. The van der Waals surface area contributed by atoms with Gasteiger partial charge in [-0.25, -0.2) is 0 Å². The fraction of sp³-hybridized carbons (Fsp3) is 0. The highest BCUT2D eigenvalue weighted by atomic mass is 35.5. The van der Waals surface area contributed by atoms with E-state index in [1.165, 1.54) is 6.20 Å². The van der Waals surface area contributed by atoms with E-state index in [-0.39, 0.29) is 5.91 Å². The minimum absolute atomic E-state index is 0.229. The van der Waals surface area contributed by atoms with Gasteiger partial charge in [0.05, 0.1) is 21.8 Å². The van der Waals surface area contributed by atoms with Crippen LogP contribution in [0.2, 0.25) is 5.02 Å². The van der Waals surface area contributed by atoms with Crippen LogP contribution < -0.4 is 5.32 Å². The fourth-order valence-corrected chi connectivity index (χ4v) is 2.15. The van der Waals surface area contributed by atoms with Crippen LogP contribution in [0.5, 0.6) is 0 Å². The van der Waals surface area contributed by atoms with E-state index in [0.29, 0.717) is 21.8 Å². The quantitative estimate of drug-likeness (QED) is 0.783. The Morgan fingerprint density at radius 1 is 1.10 bits per heavy atom.